The van der Waals surface area contributed by atoms with Crippen LogP contribution in [-0.2, 0) is 25.8 Å². The summed E-state index contributed by atoms with van der Waals surface area (Å²) in [7, 11) is -3.67. The van der Waals surface area contributed by atoms with E-state index >= 15 is 0 Å². The third-order valence-electron chi connectivity index (χ3n) is 5.86. The van der Waals surface area contributed by atoms with Crippen molar-refractivity contribution >= 4 is 33.6 Å². The number of amides is 2. The predicted molar refractivity (Wildman–Crippen MR) is 120 cm³/mol. The average molecular weight is 494 g/mol. The summed E-state index contributed by atoms with van der Waals surface area (Å²) in [5.74, 6) is -1.19. The van der Waals surface area contributed by atoms with E-state index in [1.807, 2.05) is 6.07 Å². The summed E-state index contributed by atoms with van der Waals surface area (Å²) >= 11 is 0. The van der Waals surface area contributed by atoms with Crippen molar-refractivity contribution in [1.82, 2.24) is 9.21 Å². The summed E-state index contributed by atoms with van der Waals surface area (Å²) < 4.78 is 65.7. The molecule has 0 saturated carbocycles. The maximum absolute atomic E-state index is 13.0. The maximum Gasteiger partial charge on any atom is 0.416 e. The number of nitrogens with zero attached hydrogens (tertiary/aromatic N) is 3. The lowest BCUT2D eigenvalue weighted by atomic mass is 10.1. The Morgan fingerprint density at radius 2 is 1.59 bits per heavy atom. The van der Waals surface area contributed by atoms with Crippen LogP contribution in [0.4, 0.5) is 18.9 Å². The number of imide groups is 1. The second-order valence-corrected chi connectivity index (χ2v) is 9.85. The molecule has 0 aliphatic carbocycles. The first-order valence-corrected chi connectivity index (χ1v) is 12.1. The van der Waals surface area contributed by atoms with Crippen LogP contribution in [0.2, 0.25) is 0 Å². The highest BCUT2D eigenvalue weighted by atomic mass is 32.2. The van der Waals surface area contributed by atoms with Crippen LogP contribution in [-0.4, -0.2) is 61.7 Å². The Morgan fingerprint density at radius 3 is 2.24 bits per heavy atom. The van der Waals surface area contributed by atoms with Crippen LogP contribution in [0, 0.1) is 0 Å². The molecule has 0 radical (unpaired) electrons. The summed E-state index contributed by atoms with van der Waals surface area (Å²) in [6, 6.07) is 12.2. The number of carbonyl (C=O) groups is 2. The van der Waals surface area contributed by atoms with Crippen LogP contribution in [0.5, 0.6) is 0 Å². The number of carbonyl (C=O) groups excluding carboxylic acids is 2. The number of anilines is 1. The second kappa shape index (κ2) is 9.32. The molecule has 2 aliphatic heterocycles. The zero-order chi connectivity index (χ0) is 24.5. The fourth-order valence-corrected chi connectivity index (χ4v) is 5.25. The molecular weight excluding hydrogens is 471 g/mol. The number of halogens is 3. The number of hydrogen-bond acceptors (Lipinski definition) is 5. The van der Waals surface area contributed by atoms with Gasteiger partial charge in [0.2, 0.25) is 15.9 Å². The van der Waals surface area contributed by atoms with E-state index in [1.165, 1.54) is 16.4 Å². The van der Waals surface area contributed by atoms with Crippen molar-refractivity contribution in [1.29, 1.82) is 0 Å². The highest BCUT2D eigenvalue weighted by molar-refractivity contribution is 7.92. The molecule has 2 amide bonds. The second-order valence-electron chi connectivity index (χ2n) is 8.03. The number of hydrogen-bond donors (Lipinski definition) is 0. The van der Waals surface area contributed by atoms with Gasteiger partial charge in [0.1, 0.15) is 0 Å². The molecule has 180 valence electrons. The highest BCUT2D eigenvalue weighted by Crippen LogP contribution is 2.33. The van der Waals surface area contributed by atoms with Gasteiger partial charge in [0.15, 0.2) is 0 Å². The number of rotatable bonds is 5. The van der Waals surface area contributed by atoms with E-state index in [0.29, 0.717) is 0 Å². The summed E-state index contributed by atoms with van der Waals surface area (Å²) in [5, 5.41) is 1.14. The van der Waals surface area contributed by atoms with Gasteiger partial charge < -0.3 is 0 Å². The monoisotopic (exact) mass is 493 g/mol. The Labute approximate surface area is 195 Å². The maximum atomic E-state index is 13.0. The molecule has 1 atom stereocenters. The van der Waals surface area contributed by atoms with Crippen molar-refractivity contribution in [3.8, 4) is 0 Å². The molecule has 1 unspecified atom stereocenters. The van der Waals surface area contributed by atoms with Crippen molar-refractivity contribution in [3.63, 3.8) is 0 Å². The summed E-state index contributed by atoms with van der Waals surface area (Å²) in [6.07, 6.45) is -3.26. The lowest BCUT2D eigenvalue weighted by Crippen LogP contribution is -2.53. The Bertz CT molecular complexity index is 1210. The van der Waals surface area contributed by atoms with E-state index in [-0.39, 0.29) is 38.3 Å². The van der Waals surface area contributed by atoms with Crippen LogP contribution >= 0.6 is 0 Å². The number of piperazine rings is 1. The first-order valence-electron chi connectivity index (χ1n) is 10.6. The van der Waals surface area contributed by atoms with Gasteiger partial charge >= 0.3 is 6.18 Å². The van der Waals surface area contributed by atoms with Crippen LogP contribution < -0.4 is 4.90 Å². The van der Waals surface area contributed by atoms with Crippen LogP contribution in [0.3, 0.4) is 0 Å². The van der Waals surface area contributed by atoms with Crippen molar-refractivity contribution in [2.24, 2.45) is 0 Å². The van der Waals surface area contributed by atoms with Gasteiger partial charge in [-0.05, 0) is 29.8 Å². The minimum Gasteiger partial charge on any atom is -0.289 e. The molecule has 0 bridgehead atoms. The van der Waals surface area contributed by atoms with Gasteiger partial charge in [-0.3, -0.25) is 14.5 Å². The minimum atomic E-state index is -4.60. The lowest BCUT2D eigenvalue weighted by Gasteiger charge is -2.35. The van der Waals surface area contributed by atoms with Crippen molar-refractivity contribution in [2.45, 2.75) is 18.6 Å². The van der Waals surface area contributed by atoms with Crippen molar-refractivity contribution in [3.05, 3.63) is 71.1 Å². The fourth-order valence-electron chi connectivity index (χ4n) is 4.08. The largest absolute Gasteiger partial charge is 0.416 e. The normalized spacial score (nSPS) is 21.0. The molecule has 11 heteroatoms. The minimum absolute atomic E-state index is 0.125. The predicted octanol–water partition coefficient (Wildman–Crippen LogP) is 2.96. The van der Waals surface area contributed by atoms with Crippen molar-refractivity contribution < 1.29 is 31.2 Å². The van der Waals surface area contributed by atoms with Crippen LogP contribution in [0.15, 0.2) is 60.0 Å². The molecule has 2 aromatic carbocycles. The van der Waals surface area contributed by atoms with E-state index in [2.05, 4.69) is 0 Å². The van der Waals surface area contributed by atoms with Crippen LogP contribution in [0.1, 0.15) is 17.5 Å². The summed E-state index contributed by atoms with van der Waals surface area (Å²) in [6.45, 7) is 0.697. The summed E-state index contributed by atoms with van der Waals surface area (Å²) in [5.41, 5.74) is -0.328. The number of alkyl halides is 3. The molecule has 2 aliphatic rings. The van der Waals surface area contributed by atoms with Crippen molar-refractivity contribution in [2.75, 3.05) is 31.1 Å². The Hall–Kier alpha value is -3.02. The molecule has 2 heterocycles. The quantitative estimate of drug-likeness (QED) is 0.599. The van der Waals surface area contributed by atoms with Gasteiger partial charge in [0.05, 0.1) is 23.7 Å². The Balaban J connectivity index is 1.42. The zero-order valence-electron chi connectivity index (χ0n) is 18.0. The molecule has 4 rings (SSSR count). The molecule has 0 aromatic heterocycles. The standard InChI is InChI=1S/C23H22F3N3O4S/c24-23(25,26)18-7-4-8-19(15-18)29-21(30)16-20(22(29)31)27-10-12-28(13-11-27)34(32,33)14-9-17-5-2-1-3-6-17/h1-9,14-15,20H,10-13,16H2/b14-9+. The molecule has 34 heavy (non-hydrogen) atoms. The van der Waals surface area contributed by atoms with Gasteiger partial charge in [-0.25, -0.2) is 13.3 Å². The van der Waals surface area contributed by atoms with E-state index < -0.39 is 39.6 Å². The topological polar surface area (TPSA) is 78.0 Å². The molecule has 0 N–H and O–H groups in total. The molecule has 2 saturated heterocycles. The molecule has 2 fully saturated rings. The summed E-state index contributed by atoms with van der Waals surface area (Å²) in [4.78, 5) is 28.0. The van der Waals surface area contributed by atoms with Gasteiger partial charge in [-0.2, -0.15) is 17.5 Å². The third-order valence-corrected chi connectivity index (χ3v) is 7.43. The number of sulfonamides is 1. The first kappa shape index (κ1) is 24.1. The molecular formula is C23H22F3N3O4S. The van der Waals surface area contributed by atoms with Crippen LogP contribution in [0.25, 0.3) is 6.08 Å². The average Bonchev–Trinajstić information content (AvgIpc) is 3.12. The van der Waals surface area contributed by atoms with E-state index in [9.17, 15) is 31.2 Å². The molecule has 7 nitrogen and oxygen atoms in total. The smallest absolute Gasteiger partial charge is 0.289 e. The molecule has 2 aromatic rings. The zero-order valence-corrected chi connectivity index (χ0v) is 18.8. The SMILES string of the molecule is O=C1CC(N2CCN(S(=O)(=O)/C=C/c3ccccc3)CC2)C(=O)N1c1cccc(C(F)(F)F)c1. The van der Waals surface area contributed by atoms with E-state index in [1.54, 1.807) is 29.2 Å². The Kier molecular flexibility index (Phi) is 6.61. The first-order chi connectivity index (χ1) is 16.1. The van der Waals surface area contributed by atoms with Gasteiger partial charge in [-0.15, -0.1) is 0 Å². The Morgan fingerprint density at radius 1 is 0.912 bits per heavy atom. The fraction of sp³-hybridized carbons (Fsp3) is 0.304. The van der Waals surface area contributed by atoms with Gasteiger partial charge in [0.25, 0.3) is 5.91 Å². The highest BCUT2D eigenvalue weighted by Gasteiger charge is 2.44. The van der Waals surface area contributed by atoms with E-state index in [4.69, 9.17) is 0 Å². The number of benzene rings is 2. The lowest BCUT2D eigenvalue weighted by molar-refractivity contribution is -0.137. The van der Waals surface area contributed by atoms with E-state index in [0.717, 1.165) is 34.1 Å². The third kappa shape index (κ3) is 5.06. The van der Waals surface area contributed by atoms with Gasteiger partial charge in [0, 0.05) is 31.6 Å². The van der Waals surface area contributed by atoms with Gasteiger partial charge in [-0.1, -0.05) is 36.4 Å². The molecule has 0 spiro atoms.